The van der Waals surface area contributed by atoms with Crippen LogP contribution in [0, 0.1) is 0 Å². The monoisotopic (exact) mass is 310 g/mol. The maximum absolute atomic E-state index is 6.17. The average Bonchev–Trinajstić information content (AvgIpc) is 2.36. The lowest BCUT2D eigenvalue weighted by molar-refractivity contribution is -0.0327. The van der Waals surface area contributed by atoms with Crippen LogP contribution in [0.5, 0.6) is 0 Å². The van der Waals surface area contributed by atoms with E-state index in [9.17, 15) is 0 Å². The van der Waals surface area contributed by atoms with Gasteiger partial charge in [-0.1, -0.05) is 46.4 Å². The van der Waals surface area contributed by atoms with Gasteiger partial charge in [-0.25, -0.2) is 0 Å². The van der Waals surface area contributed by atoms with Gasteiger partial charge in [-0.15, -0.1) is 11.6 Å². The molecule has 0 saturated carbocycles. The molecule has 86 valence electrons. The highest BCUT2D eigenvalue weighted by Gasteiger charge is 2.44. The average molecular weight is 312 g/mol. The summed E-state index contributed by atoms with van der Waals surface area (Å²) in [7, 11) is 1.49. The zero-order valence-electron chi connectivity index (χ0n) is 7.62. The van der Waals surface area contributed by atoms with E-state index in [1.165, 1.54) is 7.11 Å². The zero-order valence-corrected chi connectivity index (χ0v) is 11.4. The van der Waals surface area contributed by atoms with Gasteiger partial charge in [0.15, 0.2) is 0 Å². The molecular weight excluding hydrogens is 305 g/mol. The van der Waals surface area contributed by atoms with Gasteiger partial charge in [0.25, 0.3) is 0 Å². The Kier molecular flexibility index (Phi) is 5.06. The van der Waals surface area contributed by atoms with Gasteiger partial charge in [0.05, 0.1) is 26.7 Å². The first-order valence-corrected chi connectivity index (χ1v) is 5.71. The van der Waals surface area contributed by atoms with Gasteiger partial charge < -0.3 is 9.47 Å². The Labute approximate surface area is 113 Å². The number of methoxy groups -OCH3 is 1. The van der Waals surface area contributed by atoms with E-state index in [0.717, 1.165) is 0 Å². The lowest BCUT2D eigenvalue weighted by Gasteiger charge is -2.22. The third-order valence-electron chi connectivity index (χ3n) is 1.78. The number of halogens is 5. The quantitative estimate of drug-likeness (QED) is 0.444. The highest BCUT2D eigenvalue weighted by Crippen LogP contribution is 2.51. The fourth-order valence-corrected chi connectivity index (χ4v) is 2.54. The molecule has 1 aliphatic carbocycles. The number of hydrogen-bond donors (Lipinski definition) is 0. The lowest BCUT2D eigenvalue weighted by Crippen LogP contribution is -2.28. The Bertz CT molecular complexity index is 299. The van der Waals surface area contributed by atoms with Crippen LogP contribution in [0.15, 0.2) is 20.1 Å². The molecule has 0 N–H and O–H groups in total. The van der Waals surface area contributed by atoms with Crippen LogP contribution in [0.1, 0.15) is 0 Å². The van der Waals surface area contributed by atoms with Crippen LogP contribution >= 0.6 is 58.0 Å². The number of rotatable bonds is 4. The van der Waals surface area contributed by atoms with E-state index in [2.05, 4.69) is 0 Å². The minimum absolute atomic E-state index is 0.0342. The molecule has 0 aromatic carbocycles. The first kappa shape index (κ1) is 13.9. The van der Waals surface area contributed by atoms with E-state index < -0.39 is 4.87 Å². The summed E-state index contributed by atoms with van der Waals surface area (Å²) >= 11 is 29.6. The van der Waals surface area contributed by atoms with Crippen LogP contribution in [-0.4, -0.2) is 25.4 Å². The van der Waals surface area contributed by atoms with Crippen LogP contribution in [0.25, 0.3) is 0 Å². The highest BCUT2D eigenvalue weighted by atomic mass is 35.5. The van der Waals surface area contributed by atoms with E-state index in [4.69, 9.17) is 67.5 Å². The van der Waals surface area contributed by atoms with Crippen molar-refractivity contribution >= 4 is 58.0 Å². The first-order chi connectivity index (χ1) is 6.95. The topological polar surface area (TPSA) is 18.5 Å². The Hall–Kier alpha value is 0.850. The molecule has 0 saturated heterocycles. The largest absolute Gasteiger partial charge is 0.359 e. The second-order valence-electron chi connectivity index (χ2n) is 2.81. The Balaban J connectivity index is 2.85. The molecular formula is C8H7Cl5O2. The molecule has 0 spiro atoms. The molecule has 0 bridgehead atoms. The number of ether oxygens (including phenoxy) is 2. The van der Waals surface area contributed by atoms with Crippen LogP contribution in [0.4, 0.5) is 0 Å². The van der Waals surface area contributed by atoms with Gasteiger partial charge in [-0.3, -0.25) is 0 Å². The summed E-state index contributed by atoms with van der Waals surface area (Å²) in [5.74, 6) is 0. The third kappa shape index (κ3) is 2.58. The van der Waals surface area contributed by atoms with E-state index in [-0.39, 0.29) is 33.5 Å². The molecule has 1 rings (SSSR count). The standard InChI is InChI=1S/C8H7Cl5O2/c1-14-3-15-2-8(13)6(11)4(9)5(10)7(8)12/h2-3H2,1H3. The van der Waals surface area contributed by atoms with Gasteiger partial charge in [0.2, 0.25) is 0 Å². The normalized spacial score (nSPS) is 20.4. The van der Waals surface area contributed by atoms with Gasteiger partial charge in [-0.2, -0.15) is 0 Å². The Morgan fingerprint density at radius 2 is 1.53 bits per heavy atom. The molecule has 0 amide bonds. The SMILES string of the molecule is COCOCC1(Cl)C(Cl)=C(Cl)C(Cl)=C1Cl. The van der Waals surface area contributed by atoms with Gasteiger partial charge in [-0.05, 0) is 0 Å². The number of allylic oxidation sites excluding steroid dienone is 2. The van der Waals surface area contributed by atoms with E-state index in [1.807, 2.05) is 0 Å². The summed E-state index contributed by atoms with van der Waals surface area (Å²) in [4.78, 5) is -1.20. The molecule has 15 heavy (non-hydrogen) atoms. The van der Waals surface area contributed by atoms with Crippen molar-refractivity contribution in [2.45, 2.75) is 4.87 Å². The smallest absolute Gasteiger partial charge is 0.146 e. The third-order valence-corrected chi connectivity index (χ3v) is 4.53. The van der Waals surface area contributed by atoms with Gasteiger partial charge >= 0.3 is 0 Å². The number of alkyl halides is 1. The molecule has 0 radical (unpaired) electrons. The molecule has 0 heterocycles. The summed E-state index contributed by atoms with van der Waals surface area (Å²) < 4.78 is 9.80. The second-order valence-corrected chi connectivity index (χ2v) is 4.97. The van der Waals surface area contributed by atoms with Crippen molar-refractivity contribution in [1.29, 1.82) is 0 Å². The van der Waals surface area contributed by atoms with Crippen LogP contribution in [0.3, 0.4) is 0 Å². The maximum atomic E-state index is 6.17. The molecule has 0 atom stereocenters. The molecule has 0 fully saturated rings. The Morgan fingerprint density at radius 1 is 1.07 bits per heavy atom. The summed E-state index contributed by atoms with van der Waals surface area (Å²) in [5, 5.41) is 0.632. The molecule has 7 heteroatoms. The lowest BCUT2D eigenvalue weighted by atomic mass is 10.2. The van der Waals surface area contributed by atoms with E-state index >= 15 is 0 Å². The van der Waals surface area contributed by atoms with Crippen LogP contribution in [0.2, 0.25) is 0 Å². The first-order valence-electron chi connectivity index (χ1n) is 3.82. The minimum Gasteiger partial charge on any atom is -0.359 e. The minimum atomic E-state index is -1.20. The Morgan fingerprint density at radius 3 is 1.93 bits per heavy atom. The van der Waals surface area contributed by atoms with Crippen LogP contribution in [-0.2, 0) is 9.47 Å². The fraction of sp³-hybridized carbons (Fsp3) is 0.500. The maximum Gasteiger partial charge on any atom is 0.146 e. The fourth-order valence-electron chi connectivity index (χ4n) is 1.03. The molecule has 0 aromatic rings. The number of hydrogen-bond acceptors (Lipinski definition) is 2. The van der Waals surface area contributed by atoms with E-state index in [1.54, 1.807) is 0 Å². The molecule has 0 aromatic heterocycles. The predicted octanol–water partition coefficient (Wildman–Crippen LogP) is 3.98. The van der Waals surface area contributed by atoms with Gasteiger partial charge in [0.1, 0.15) is 11.7 Å². The van der Waals surface area contributed by atoms with Crippen molar-refractivity contribution in [2.24, 2.45) is 0 Å². The van der Waals surface area contributed by atoms with Crippen molar-refractivity contribution in [2.75, 3.05) is 20.5 Å². The summed E-state index contributed by atoms with van der Waals surface area (Å²) in [5.41, 5.74) is 0. The van der Waals surface area contributed by atoms with Gasteiger partial charge in [0, 0.05) is 7.11 Å². The predicted molar refractivity (Wildman–Crippen MR) is 63.9 cm³/mol. The van der Waals surface area contributed by atoms with Crippen molar-refractivity contribution in [1.82, 2.24) is 0 Å². The summed E-state index contributed by atoms with van der Waals surface area (Å²) in [6.45, 7) is 0.116. The van der Waals surface area contributed by atoms with Crippen molar-refractivity contribution in [3.05, 3.63) is 20.1 Å². The van der Waals surface area contributed by atoms with E-state index in [0.29, 0.717) is 0 Å². The van der Waals surface area contributed by atoms with Crippen LogP contribution < -0.4 is 0 Å². The summed E-state index contributed by atoms with van der Waals surface area (Å²) in [6.07, 6.45) is 0. The second kappa shape index (κ2) is 5.46. The molecule has 0 unspecified atom stereocenters. The molecule has 2 nitrogen and oxygen atoms in total. The summed E-state index contributed by atoms with van der Waals surface area (Å²) in [6, 6.07) is 0. The van der Waals surface area contributed by atoms with Crippen molar-refractivity contribution < 1.29 is 9.47 Å². The van der Waals surface area contributed by atoms with Crippen molar-refractivity contribution in [3.8, 4) is 0 Å². The van der Waals surface area contributed by atoms with Crippen molar-refractivity contribution in [3.63, 3.8) is 0 Å². The zero-order chi connectivity index (χ0) is 11.6. The molecule has 0 aliphatic heterocycles. The highest BCUT2D eigenvalue weighted by molar-refractivity contribution is 6.58. The molecule has 1 aliphatic rings.